The second-order valence-corrected chi connectivity index (χ2v) is 14.5. The van der Waals surface area contributed by atoms with Crippen LogP contribution in [0.4, 0.5) is 5.69 Å². The molecule has 1 fully saturated rings. The second kappa shape index (κ2) is 14.9. The first-order valence-corrected chi connectivity index (χ1v) is 16.7. The van der Waals surface area contributed by atoms with Gasteiger partial charge in [-0.05, 0) is 91.3 Å². The Kier molecular flexibility index (Phi) is 11.9. The van der Waals surface area contributed by atoms with Crippen molar-refractivity contribution in [2.45, 2.75) is 63.0 Å². The summed E-state index contributed by atoms with van der Waals surface area (Å²) < 4.78 is 34.3. The fraction of sp³-hybridized carbons (Fsp3) is 0.576. The van der Waals surface area contributed by atoms with Gasteiger partial charge >= 0.3 is 35.5 Å². The Morgan fingerprint density at radius 2 is 1.95 bits per heavy atom. The van der Waals surface area contributed by atoms with Gasteiger partial charge in [0, 0.05) is 48.8 Å². The Balaban J connectivity index is 0.00000442. The number of esters is 1. The quantitative estimate of drug-likeness (QED) is 0.233. The first-order valence-electron chi connectivity index (χ1n) is 15.2. The Labute approximate surface area is 290 Å². The number of rotatable bonds is 9. The average molecular weight is 653 g/mol. The molecule has 0 bridgehead atoms. The van der Waals surface area contributed by atoms with Crippen molar-refractivity contribution in [2.75, 3.05) is 45.3 Å². The molecule has 1 amide bonds. The third kappa shape index (κ3) is 7.50. The topological polar surface area (TPSA) is 99.2 Å². The summed E-state index contributed by atoms with van der Waals surface area (Å²) in [5.74, 6) is 0.799. The first-order chi connectivity index (χ1) is 20.5. The molecule has 11 heteroatoms. The maximum Gasteiger partial charge on any atom is 1.00 e. The van der Waals surface area contributed by atoms with E-state index < -0.39 is 16.3 Å². The van der Waals surface area contributed by atoms with Gasteiger partial charge in [-0.25, -0.2) is 4.79 Å². The predicted octanol–water partition coefficient (Wildman–Crippen LogP) is 2.38. The minimum absolute atomic E-state index is 0. The van der Waals surface area contributed by atoms with Gasteiger partial charge in [0.2, 0.25) is 5.91 Å². The normalized spacial score (nSPS) is 24.3. The molecular weight excluding hydrogens is 611 g/mol. The third-order valence-corrected chi connectivity index (χ3v) is 11.3. The van der Waals surface area contributed by atoms with Crippen molar-refractivity contribution in [3.63, 3.8) is 0 Å². The molecule has 5 rings (SSSR count). The van der Waals surface area contributed by atoms with Crippen LogP contribution in [0, 0.1) is 17.8 Å². The molecule has 0 radical (unpaired) electrons. The number of carbonyl (C=O) groups is 2. The number of amides is 1. The SMILES string of the molecule is COC(=O)c1ccc2c(c1)N(C[C@@H]1CC[C@H]1CN(C)C(=O)C[C@@H](C)[C@@H](C)S(=O)[O-])C[C@@]1(CCCc3cc(Cl)ccc31)CO2.[Na+]. The number of hydrogen-bond acceptors (Lipinski definition) is 7. The summed E-state index contributed by atoms with van der Waals surface area (Å²) in [7, 11) is 3.21. The second-order valence-electron chi connectivity index (χ2n) is 12.8. The number of carbonyl (C=O) groups excluding carboxylic acids is 2. The number of fused-ring (bicyclic) bond motifs is 3. The fourth-order valence-corrected chi connectivity index (χ4v) is 7.67. The van der Waals surface area contributed by atoms with Crippen molar-refractivity contribution in [1.29, 1.82) is 0 Å². The number of benzene rings is 2. The molecule has 0 aromatic heterocycles. The van der Waals surface area contributed by atoms with E-state index >= 15 is 0 Å². The molecule has 2 aromatic rings. The minimum atomic E-state index is -2.20. The molecule has 2 aliphatic carbocycles. The van der Waals surface area contributed by atoms with E-state index in [0.717, 1.165) is 61.7 Å². The average Bonchev–Trinajstić information content (AvgIpc) is 3.13. The smallest absolute Gasteiger partial charge is 0.772 e. The zero-order valence-electron chi connectivity index (χ0n) is 26.5. The Morgan fingerprint density at radius 1 is 1.20 bits per heavy atom. The van der Waals surface area contributed by atoms with E-state index in [-0.39, 0.29) is 59.2 Å². The summed E-state index contributed by atoms with van der Waals surface area (Å²) in [6, 6.07) is 11.7. The number of methoxy groups -OCH3 is 1. The molecule has 1 heterocycles. The van der Waals surface area contributed by atoms with Gasteiger partial charge in [0.25, 0.3) is 0 Å². The molecule has 0 N–H and O–H groups in total. The van der Waals surface area contributed by atoms with Crippen LogP contribution in [0.5, 0.6) is 5.75 Å². The first kappa shape index (κ1) is 35.2. The van der Waals surface area contributed by atoms with Gasteiger partial charge < -0.3 is 23.8 Å². The van der Waals surface area contributed by atoms with Gasteiger partial charge in [-0.2, -0.15) is 0 Å². The van der Waals surface area contributed by atoms with Crippen LogP contribution in [-0.2, 0) is 32.4 Å². The van der Waals surface area contributed by atoms with Crippen LogP contribution in [-0.4, -0.2) is 71.2 Å². The number of ether oxygens (including phenoxy) is 2. The molecule has 8 nitrogen and oxygen atoms in total. The largest absolute Gasteiger partial charge is 1.00 e. The van der Waals surface area contributed by atoms with Crippen LogP contribution in [0.15, 0.2) is 36.4 Å². The Hall–Kier alpha value is -1.62. The van der Waals surface area contributed by atoms with Gasteiger partial charge in [0.1, 0.15) is 5.75 Å². The summed E-state index contributed by atoms with van der Waals surface area (Å²) in [4.78, 5) is 29.6. The van der Waals surface area contributed by atoms with E-state index in [1.807, 2.05) is 32.2 Å². The molecule has 1 aliphatic heterocycles. The minimum Gasteiger partial charge on any atom is -0.772 e. The standard InChI is InChI=1S/C33H43ClN2O6S.Na/c1-21(22(2)43(39)40)14-31(37)35(3)17-25-7-8-26(25)18-36-19-33(13-5-6-23-15-27(34)10-11-28(23)33)20-42-30-12-9-24(16-29(30)36)32(38)41-4;/h9-12,15-16,21-22,25-26H,5-8,13-14,17-20H2,1-4H3,(H,39,40);/q;+1/p-1/t21-,22-,25+,26+,33+;/m1./s1. The number of anilines is 1. The van der Waals surface area contributed by atoms with Crippen molar-refractivity contribution < 1.29 is 57.4 Å². The van der Waals surface area contributed by atoms with Crippen molar-refractivity contribution in [3.05, 3.63) is 58.1 Å². The predicted molar refractivity (Wildman–Crippen MR) is 168 cm³/mol. The van der Waals surface area contributed by atoms with Gasteiger partial charge in [0.15, 0.2) is 0 Å². The monoisotopic (exact) mass is 652 g/mol. The molecule has 234 valence electrons. The molecule has 6 atom stereocenters. The Morgan fingerprint density at radius 3 is 2.64 bits per heavy atom. The van der Waals surface area contributed by atoms with Crippen LogP contribution in [0.1, 0.15) is 67.4 Å². The van der Waals surface area contributed by atoms with E-state index in [2.05, 4.69) is 17.0 Å². The van der Waals surface area contributed by atoms with Gasteiger partial charge in [-0.3, -0.25) is 9.00 Å². The number of halogens is 1. The summed E-state index contributed by atoms with van der Waals surface area (Å²) in [6.07, 6.45) is 5.32. The summed E-state index contributed by atoms with van der Waals surface area (Å²) in [5.41, 5.74) is 3.72. The van der Waals surface area contributed by atoms with Crippen LogP contribution < -0.4 is 39.2 Å². The van der Waals surface area contributed by atoms with Crippen molar-refractivity contribution in [1.82, 2.24) is 4.90 Å². The molecule has 3 aliphatic rings. The molecular formula is C33H42ClN2NaO6S. The van der Waals surface area contributed by atoms with Crippen molar-refractivity contribution in [2.24, 2.45) is 17.8 Å². The van der Waals surface area contributed by atoms with Gasteiger partial charge in [-0.1, -0.05) is 42.6 Å². The van der Waals surface area contributed by atoms with E-state index in [9.17, 15) is 18.4 Å². The third-order valence-electron chi connectivity index (χ3n) is 10.0. The fourth-order valence-electron chi connectivity index (χ4n) is 7.00. The van der Waals surface area contributed by atoms with E-state index in [1.165, 1.54) is 18.2 Å². The number of nitrogens with zero attached hydrogens (tertiary/aromatic N) is 2. The number of aryl methyl sites for hydroxylation is 1. The molecule has 1 saturated carbocycles. The zero-order valence-corrected chi connectivity index (χ0v) is 30.0. The maximum atomic E-state index is 13.0. The summed E-state index contributed by atoms with van der Waals surface area (Å²) in [6.45, 7) is 6.16. The van der Waals surface area contributed by atoms with Crippen LogP contribution in [0.3, 0.4) is 0 Å². The number of hydrogen-bond donors (Lipinski definition) is 0. The molecule has 1 unspecified atom stereocenters. The summed E-state index contributed by atoms with van der Waals surface area (Å²) in [5, 5.41) is 0.177. The van der Waals surface area contributed by atoms with E-state index in [1.54, 1.807) is 17.9 Å². The van der Waals surface area contributed by atoms with Crippen LogP contribution in [0.2, 0.25) is 5.02 Å². The molecule has 2 aromatic carbocycles. The Bertz CT molecular complexity index is 1390. The zero-order chi connectivity index (χ0) is 30.9. The summed E-state index contributed by atoms with van der Waals surface area (Å²) >= 11 is 4.19. The van der Waals surface area contributed by atoms with E-state index in [4.69, 9.17) is 21.1 Å². The molecule has 44 heavy (non-hydrogen) atoms. The van der Waals surface area contributed by atoms with Crippen LogP contribution >= 0.6 is 11.6 Å². The van der Waals surface area contributed by atoms with Gasteiger partial charge in [-0.15, -0.1) is 0 Å². The molecule has 0 saturated heterocycles. The van der Waals surface area contributed by atoms with E-state index in [0.29, 0.717) is 30.6 Å². The van der Waals surface area contributed by atoms with Gasteiger partial charge in [0.05, 0.1) is 25.0 Å². The molecule has 1 spiro atoms. The maximum absolute atomic E-state index is 13.0. The van der Waals surface area contributed by atoms with Crippen molar-refractivity contribution in [3.8, 4) is 5.75 Å². The van der Waals surface area contributed by atoms with Crippen molar-refractivity contribution >= 4 is 40.2 Å². The van der Waals surface area contributed by atoms with Crippen LogP contribution in [0.25, 0.3) is 0 Å².